The van der Waals surface area contributed by atoms with E-state index in [-0.39, 0.29) is 0 Å². The molecule has 0 spiro atoms. The Morgan fingerprint density at radius 1 is 1.45 bits per heavy atom. The van der Waals surface area contributed by atoms with Gasteiger partial charge in [-0.3, -0.25) is 0 Å². The maximum absolute atomic E-state index is 12.5. The van der Waals surface area contributed by atoms with E-state index in [1.54, 1.807) is 19.1 Å². The van der Waals surface area contributed by atoms with Gasteiger partial charge in [0.1, 0.15) is 11.3 Å². The van der Waals surface area contributed by atoms with Gasteiger partial charge in [-0.2, -0.15) is 0 Å². The largest absolute Gasteiger partial charge is 0.464 e. The number of benzene rings is 1. The third kappa shape index (κ3) is 2.21. The number of para-hydroxylation sites is 1. The third-order valence-electron chi connectivity index (χ3n) is 4.45. The predicted octanol–water partition coefficient (Wildman–Crippen LogP) is 2.58. The van der Waals surface area contributed by atoms with Crippen molar-refractivity contribution >= 4 is 11.0 Å². The normalized spacial score (nSPS) is 25.5. The molecule has 5 heteroatoms. The highest BCUT2D eigenvalue weighted by atomic mass is 16.7. The van der Waals surface area contributed by atoms with Gasteiger partial charge in [-0.25, -0.2) is 4.79 Å². The number of fused-ring (bicyclic) bond motifs is 3. The molecular formula is C17H20O5. The summed E-state index contributed by atoms with van der Waals surface area (Å²) >= 11 is 0. The Balaban J connectivity index is 2.30. The van der Waals surface area contributed by atoms with Gasteiger partial charge in [-0.15, -0.1) is 0 Å². The Hall–Kier alpha value is -1.85. The average Bonchev–Trinajstić information content (AvgIpc) is 2.47. The second-order valence-electron chi connectivity index (χ2n) is 5.89. The van der Waals surface area contributed by atoms with Crippen LogP contribution in [0.15, 0.2) is 33.5 Å². The van der Waals surface area contributed by atoms with Crippen LogP contribution in [0.3, 0.4) is 0 Å². The summed E-state index contributed by atoms with van der Waals surface area (Å²) < 4.78 is 16.9. The van der Waals surface area contributed by atoms with Crippen molar-refractivity contribution in [2.75, 3.05) is 6.61 Å². The zero-order valence-corrected chi connectivity index (χ0v) is 13.0. The van der Waals surface area contributed by atoms with Crippen LogP contribution < -0.4 is 10.4 Å². The van der Waals surface area contributed by atoms with Gasteiger partial charge in [0, 0.05) is 18.4 Å². The fraction of sp³-hybridized carbons (Fsp3) is 0.471. The van der Waals surface area contributed by atoms with Gasteiger partial charge >= 0.3 is 5.63 Å². The minimum Gasteiger partial charge on any atom is -0.464 e. The van der Waals surface area contributed by atoms with Crippen LogP contribution in [0, 0.1) is 0 Å². The first kappa shape index (κ1) is 15.1. The first-order valence-electron chi connectivity index (χ1n) is 7.50. The number of aliphatic hydroxyl groups is 1. The third-order valence-corrected chi connectivity index (χ3v) is 4.45. The van der Waals surface area contributed by atoms with Crippen molar-refractivity contribution in [3.63, 3.8) is 0 Å². The molecule has 3 atom stereocenters. The fourth-order valence-electron chi connectivity index (χ4n) is 3.02. The Kier molecular flexibility index (Phi) is 3.70. The van der Waals surface area contributed by atoms with Crippen LogP contribution in [0.2, 0.25) is 0 Å². The highest BCUT2D eigenvalue weighted by Crippen LogP contribution is 2.44. The Morgan fingerprint density at radius 2 is 2.18 bits per heavy atom. The van der Waals surface area contributed by atoms with Gasteiger partial charge in [0.15, 0.2) is 0 Å². The Morgan fingerprint density at radius 3 is 2.86 bits per heavy atom. The molecule has 22 heavy (non-hydrogen) atoms. The number of rotatable bonds is 3. The molecule has 1 aromatic heterocycles. The monoisotopic (exact) mass is 304 g/mol. The van der Waals surface area contributed by atoms with Gasteiger partial charge in [0.2, 0.25) is 6.29 Å². The molecule has 0 amide bonds. The van der Waals surface area contributed by atoms with E-state index in [0.717, 1.165) is 0 Å². The molecule has 1 aliphatic heterocycles. The van der Waals surface area contributed by atoms with Crippen molar-refractivity contribution in [3.8, 4) is 5.75 Å². The van der Waals surface area contributed by atoms with E-state index in [1.165, 1.54) is 0 Å². The molecule has 0 fully saturated rings. The molecule has 3 rings (SSSR count). The second-order valence-corrected chi connectivity index (χ2v) is 5.89. The first-order valence-corrected chi connectivity index (χ1v) is 7.50. The summed E-state index contributed by atoms with van der Waals surface area (Å²) in [6.07, 6.45) is -0.835. The van der Waals surface area contributed by atoms with E-state index >= 15 is 0 Å². The molecule has 0 saturated heterocycles. The van der Waals surface area contributed by atoms with Gasteiger partial charge < -0.3 is 19.0 Å². The lowest BCUT2D eigenvalue weighted by Crippen LogP contribution is -2.47. The van der Waals surface area contributed by atoms with Crippen LogP contribution in [-0.4, -0.2) is 24.1 Å². The topological polar surface area (TPSA) is 68.9 Å². The van der Waals surface area contributed by atoms with Crippen molar-refractivity contribution in [3.05, 3.63) is 40.2 Å². The summed E-state index contributed by atoms with van der Waals surface area (Å²) in [5, 5.41) is 11.0. The Labute approximate surface area is 128 Å². The lowest BCUT2D eigenvalue weighted by Gasteiger charge is -2.40. The van der Waals surface area contributed by atoms with Crippen molar-refractivity contribution in [1.82, 2.24) is 0 Å². The fourth-order valence-corrected chi connectivity index (χ4v) is 3.02. The van der Waals surface area contributed by atoms with E-state index in [4.69, 9.17) is 13.9 Å². The molecule has 1 unspecified atom stereocenters. The van der Waals surface area contributed by atoms with Gasteiger partial charge in [0.25, 0.3) is 0 Å². The molecule has 5 nitrogen and oxygen atoms in total. The van der Waals surface area contributed by atoms with Gasteiger partial charge in [-0.05, 0) is 26.0 Å². The summed E-state index contributed by atoms with van der Waals surface area (Å²) in [4.78, 5) is 12.5. The minimum atomic E-state index is -0.780. The smallest absolute Gasteiger partial charge is 0.343 e. The summed E-state index contributed by atoms with van der Waals surface area (Å²) in [6, 6.07) is 7.22. The SMILES string of the molecule is CCO[C@H]1C[C@@](C)(C(C)O)c2c(c3ccccc3oc2=O)O1. The lowest BCUT2D eigenvalue weighted by atomic mass is 9.73. The van der Waals surface area contributed by atoms with E-state index in [2.05, 4.69) is 0 Å². The predicted molar refractivity (Wildman–Crippen MR) is 82.2 cm³/mol. The maximum atomic E-state index is 12.5. The van der Waals surface area contributed by atoms with Gasteiger partial charge in [0.05, 0.1) is 17.1 Å². The lowest BCUT2D eigenvalue weighted by molar-refractivity contribution is -0.113. The quantitative estimate of drug-likeness (QED) is 0.883. The number of hydrogen-bond donors (Lipinski definition) is 1. The summed E-state index contributed by atoms with van der Waals surface area (Å²) in [7, 11) is 0. The first-order chi connectivity index (χ1) is 10.5. The van der Waals surface area contributed by atoms with E-state index in [1.807, 2.05) is 26.0 Å². The van der Waals surface area contributed by atoms with Crippen molar-refractivity contribution in [1.29, 1.82) is 0 Å². The molecule has 0 aliphatic carbocycles. The van der Waals surface area contributed by atoms with Crippen molar-refractivity contribution in [2.24, 2.45) is 0 Å². The van der Waals surface area contributed by atoms with Crippen LogP contribution in [-0.2, 0) is 10.2 Å². The standard InChI is InChI=1S/C17H20O5/c1-4-20-13-9-17(3,10(2)18)14-15(22-13)11-7-5-6-8-12(11)21-16(14)19/h5-8,10,13,18H,4,9H2,1-3H3/t10?,13-,17+/m1/s1. The summed E-state index contributed by atoms with van der Waals surface area (Å²) in [6.45, 7) is 5.90. The van der Waals surface area contributed by atoms with Crippen LogP contribution in [0.25, 0.3) is 11.0 Å². The van der Waals surface area contributed by atoms with Crippen molar-refractivity contribution in [2.45, 2.75) is 45.0 Å². The minimum absolute atomic E-state index is 0.386. The molecule has 1 N–H and O–H groups in total. The molecule has 2 aromatic rings. The Bertz CT molecular complexity index is 748. The van der Waals surface area contributed by atoms with Crippen LogP contribution in [0.5, 0.6) is 5.75 Å². The second kappa shape index (κ2) is 5.41. The van der Waals surface area contributed by atoms with E-state index in [9.17, 15) is 9.90 Å². The molecule has 1 aliphatic rings. The molecule has 118 valence electrons. The molecule has 2 heterocycles. The van der Waals surface area contributed by atoms with E-state index < -0.39 is 23.4 Å². The highest BCUT2D eigenvalue weighted by molar-refractivity contribution is 5.85. The number of ether oxygens (including phenoxy) is 2. The molecule has 0 radical (unpaired) electrons. The van der Waals surface area contributed by atoms with Gasteiger partial charge in [-0.1, -0.05) is 19.1 Å². The molecule has 0 saturated carbocycles. The zero-order valence-electron chi connectivity index (χ0n) is 13.0. The van der Waals surface area contributed by atoms with Crippen LogP contribution >= 0.6 is 0 Å². The molecular weight excluding hydrogens is 284 g/mol. The summed E-state index contributed by atoms with van der Waals surface area (Å²) in [5.41, 5.74) is -0.390. The highest BCUT2D eigenvalue weighted by Gasteiger charge is 2.45. The van der Waals surface area contributed by atoms with Crippen molar-refractivity contribution < 1.29 is 19.0 Å². The average molecular weight is 304 g/mol. The van der Waals surface area contributed by atoms with E-state index in [0.29, 0.717) is 35.3 Å². The van der Waals surface area contributed by atoms with Crippen LogP contribution in [0.4, 0.5) is 0 Å². The van der Waals surface area contributed by atoms with Crippen LogP contribution in [0.1, 0.15) is 32.8 Å². The molecule has 1 aromatic carbocycles. The zero-order chi connectivity index (χ0) is 15.9. The molecule has 0 bridgehead atoms. The number of aliphatic hydroxyl groups excluding tert-OH is 1. The maximum Gasteiger partial charge on any atom is 0.343 e. The summed E-state index contributed by atoms with van der Waals surface area (Å²) in [5.74, 6) is 0.458. The number of hydrogen-bond acceptors (Lipinski definition) is 5.